The molecule has 2 N–H and O–H groups in total. The average molecular weight is 259 g/mol. The molecule has 0 saturated carbocycles. The van der Waals surface area contributed by atoms with E-state index in [1.165, 1.54) is 18.2 Å². The van der Waals surface area contributed by atoms with Gasteiger partial charge in [-0.1, -0.05) is 36.4 Å². The second-order valence-corrected chi connectivity index (χ2v) is 4.09. The number of hydrogen-bond donors (Lipinski definition) is 2. The summed E-state index contributed by atoms with van der Waals surface area (Å²) in [7, 11) is 0. The monoisotopic (exact) mass is 259 g/mol. The van der Waals surface area contributed by atoms with Gasteiger partial charge in [-0.05, 0) is 23.3 Å². The summed E-state index contributed by atoms with van der Waals surface area (Å²) < 4.78 is 13.4. The van der Waals surface area contributed by atoms with E-state index in [9.17, 15) is 14.3 Å². The van der Waals surface area contributed by atoms with Crippen LogP contribution in [0.2, 0.25) is 0 Å². The number of aliphatic hydroxyl groups excluding tert-OH is 1. The smallest absolute Gasteiger partial charge is 0.254 e. The minimum Gasteiger partial charge on any atom is -0.392 e. The zero-order chi connectivity index (χ0) is 13.7. The number of hydrogen-bond acceptors (Lipinski definition) is 2. The van der Waals surface area contributed by atoms with Crippen LogP contribution in [0.5, 0.6) is 0 Å². The van der Waals surface area contributed by atoms with Gasteiger partial charge in [0.15, 0.2) is 0 Å². The van der Waals surface area contributed by atoms with Crippen molar-refractivity contribution >= 4 is 5.91 Å². The Kier molecular flexibility index (Phi) is 4.26. The molecule has 4 heteroatoms. The van der Waals surface area contributed by atoms with Gasteiger partial charge in [0.1, 0.15) is 5.82 Å². The predicted molar refractivity (Wildman–Crippen MR) is 69.9 cm³/mol. The van der Waals surface area contributed by atoms with Crippen LogP contribution in [-0.2, 0) is 13.2 Å². The van der Waals surface area contributed by atoms with Gasteiger partial charge < -0.3 is 10.4 Å². The maximum absolute atomic E-state index is 13.4. The molecule has 19 heavy (non-hydrogen) atoms. The molecule has 0 fully saturated rings. The van der Waals surface area contributed by atoms with Crippen LogP contribution in [0.1, 0.15) is 21.5 Å². The number of carbonyl (C=O) groups is 1. The number of carbonyl (C=O) groups excluding carboxylic acids is 1. The molecule has 0 aliphatic rings. The van der Waals surface area contributed by atoms with Crippen molar-refractivity contribution in [2.24, 2.45) is 0 Å². The van der Waals surface area contributed by atoms with Crippen molar-refractivity contribution < 1.29 is 14.3 Å². The highest BCUT2D eigenvalue weighted by molar-refractivity contribution is 5.94. The molecule has 2 aromatic carbocycles. The van der Waals surface area contributed by atoms with E-state index in [4.69, 9.17) is 0 Å². The third-order valence-electron chi connectivity index (χ3n) is 2.85. The first-order valence-corrected chi connectivity index (χ1v) is 5.92. The average Bonchev–Trinajstić information content (AvgIpc) is 2.45. The van der Waals surface area contributed by atoms with E-state index in [0.29, 0.717) is 0 Å². The van der Waals surface area contributed by atoms with Gasteiger partial charge >= 0.3 is 0 Å². The van der Waals surface area contributed by atoms with Gasteiger partial charge in [-0.15, -0.1) is 0 Å². The molecule has 0 bridgehead atoms. The van der Waals surface area contributed by atoms with Crippen molar-refractivity contribution in [1.82, 2.24) is 5.32 Å². The SMILES string of the molecule is O=C(NCc1ccccc1CO)c1ccccc1F. The molecule has 0 atom stereocenters. The lowest BCUT2D eigenvalue weighted by Crippen LogP contribution is -2.24. The minimum atomic E-state index is -0.546. The number of benzene rings is 2. The summed E-state index contributed by atoms with van der Waals surface area (Å²) >= 11 is 0. The van der Waals surface area contributed by atoms with Crippen LogP contribution < -0.4 is 5.32 Å². The quantitative estimate of drug-likeness (QED) is 0.884. The van der Waals surface area contributed by atoms with E-state index in [1.54, 1.807) is 12.1 Å². The van der Waals surface area contributed by atoms with Gasteiger partial charge in [0, 0.05) is 6.54 Å². The molecule has 0 saturated heterocycles. The van der Waals surface area contributed by atoms with E-state index < -0.39 is 11.7 Å². The molecule has 2 rings (SSSR count). The molecule has 98 valence electrons. The Labute approximate surface area is 110 Å². The molecule has 0 unspecified atom stereocenters. The molecule has 3 nitrogen and oxygen atoms in total. The molecule has 2 aromatic rings. The van der Waals surface area contributed by atoms with E-state index in [-0.39, 0.29) is 18.7 Å². The lowest BCUT2D eigenvalue weighted by Gasteiger charge is -2.09. The fourth-order valence-electron chi connectivity index (χ4n) is 1.80. The summed E-state index contributed by atoms with van der Waals surface area (Å²) in [6.45, 7) is 0.162. The Balaban J connectivity index is 2.07. The standard InChI is InChI=1S/C15H14FNO2/c16-14-8-4-3-7-13(14)15(19)17-9-11-5-1-2-6-12(11)10-18/h1-8,18H,9-10H2,(H,17,19). The van der Waals surface area contributed by atoms with Gasteiger partial charge in [-0.25, -0.2) is 4.39 Å². The van der Waals surface area contributed by atoms with Crippen molar-refractivity contribution in [1.29, 1.82) is 0 Å². The zero-order valence-corrected chi connectivity index (χ0v) is 10.3. The maximum Gasteiger partial charge on any atom is 0.254 e. The summed E-state index contributed by atoms with van der Waals surface area (Å²) in [5.41, 5.74) is 1.58. The molecule has 0 radical (unpaired) electrons. The Bertz CT molecular complexity index is 584. The minimum absolute atomic E-state index is 0.0176. The first-order chi connectivity index (χ1) is 9.22. The summed E-state index contributed by atoms with van der Waals surface area (Å²) in [5, 5.41) is 11.8. The van der Waals surface area contributed by atoms with Crippen LogP contribution in [0.4, 0.5) is 4.39 Å². The van der Waals surface area contributed by atoms with Crippen molar-refractivity contribution in [2.75, 3.05) is 0 Å². The van der Waals surface area contributed by atoms with Gasteiger partial charge in [0.2, 0.25) is 0 Å². The summed E-state index contributed by atoms with van der Waals surface area (Å²) in [6, 6.07) is 13.1. The van der Waals surface area contributed by atoms with Crippen molar-refractivity contribution in [3.8, 4) is 0 Å². The first-order valence-electron chi connectivity index (χ1n) is 5.92. The molecular formula is C15H14FNO2. The third kappa shape index (κ3) is 3.17. The Hall–Kier alpha value is -2.20. The fourth-order valence-corrected chi connectivity index (χ4v) is 1.80. The van der Waals surface area contributed by atoms with Crippen molar-refractivity contribution in [3.63, 3.8) is 0 Å². The Morgan fingerprint density at radius 1 is 1.05 bits per heavy atom. The maximum atomic E-state index is 13.4. The Morgan fingerprint density at radius 3 is 2.37 bits per heavy atom. The van der Waals surface area contributed by atoms with Gasteiger partial charge in [-0.2, -0.15) is 0 Å². The molecule has 0 aliphatic carbocycles. The topological polar surface area (TPSA) is 49.3 Å². The number of aliphatic hydroxyl groups is 1. The number of amides is 1. The van der Waals surface area contributed by atoms with Crippen LogP contribution in [-0.4, -0.2) is 11.0 Å². The number of rotatable bonds is 4. The summed E-state index contributed by atoms with van der Waals surface area (Å²) in [5.74, 6) is -1.01. The number of nitrogens with one attached hydrogen (secondary N) is 1. The van der Waals surface area contributed by atoms with Crippen LogP contribution in [0.3, 0.4) is 0 Å². The van der Waals surface area contributed by atoms with E-state index in [1.807, 2.05) is 18.2 Å². The van der Waals surface area contributed by atoms with Crippen LogP contribution in [0.25, 0.3) is 0 Å². The molecular weight excluding hydrogens is 245 g/mol. The van der Waals surface area contributed by atoms with Crippen LogP contribution in [0.15, 0.2) is 48.5 Å². The van der Waals surface area contributed by atoms with E-state index in [2.05, 4.69) is 5.32 Å². The van der Waals surface area contributed by atoms with E-state index in [0.717, 1.165) is 11.1 Å². The summed E-state index contributed by atoms with van der Waals surface area (Å²) in [6.07, 6.45) is 0. The second kappa shape index (κ2) is 6.11. The molecule has 0 heterocycles. The Morgan fingerprint density at radius 2 is 1.68 bits per heavy atom. The number of halogens is 1. The second-order valence-electron chi connectivity index (χ2n) is 4.09. The first kappa shape index (κ1) is 13.2. The lowest BCUT2D eigenvalue weighted by molar-refractivity contribution is 0.0946. The van der Waals surface area contributed by atoms with E-state index >= 15 is 0 Å². The molecule has 1 amide bonds. The lowest BCUT2D eigenvalue weighted by atomic mass is 10.1. The van der Waals surface area contributed by atoms with Crippen LogP contribution in [0, 0.1) is 5.82 Å². The van der Waals surface area contributed by atoms with Gasteiger partial charge in [-0.3, -0.25) is 4.79 Å². The molecule has 0 aliphatic heterocycles. The fraction of sp³-hybridized carbons (Fsp3) is 0.133. The predicted octanol–water partition coefficient (Wildman–Crippen LogP) is 2.25. The van der Waals surface area contributed by atoms with Crippen LogP contribution >= 0.6 is 0 Å². The zero-order valence-electron chi connectivity index (χ0n) is 10.3. The van der Waals surface area contributed by atoms with Crippen molar-refractivity contribution in [2.45, 2.75) is 13.2 Å². The third-order valence-corrected chi connectivity index (χ3v) is 2.85. The van der Waals surface area contributed by atoms with Gasteiger partial charge in [0.05, 0.1) is 12.2 Å². The largest absolute Gasteiger partial charge is 0.392 e. The molecule has 0 spiro atoms. The summed E-state index contributed by atoms with van der Waals surface area (Å²) in [4.78, 5) is 11.8. The highest BCUT2D eigenvalue weighted by atomic mass is 19.1. The van der Waals surface area contributed by atoms with Gasteiger partial charge in [0.25, 0.3) is 5.91 Å². The normalized spacial score (nSPS) is 10.2. The highest BCUT2D eigenvalue weighted by Crippen LogP contribution is 2.10. The highest BCUT2D eigenvalue weighted by Gasteiger charge is 2.10. The van der Waals surface area contributed by atoms with Crippen molar-refractivity contribution in [3.05, 3.63) is 71.0 Å². The molecule has 0 aromatic heterocycles.